The lowest BCUT2D eigenvalue weighted by atomic mass is 10.0. The lowest BCUT2D eigenvalue weighted by Crippen LogP contribution is -2.41. The third kappa shape index (κ3) is 2.02. The van der Waals surface area contributed by atoms with Crippen LogP contribution in [0.3, 0.4) is 0 Å². The summed E-state index contributed by atoms with van der Waals surface area (Å²) < 4.78 is 11.4. The summed E-state index contributed by atoms with van der Waals surface area (Å²) in [5, 5.41) is 0.0300. The van der Waals surface area contributed by atoms with Crippen LogP contribution in [0.2, 0.25) is 0 Å². The molecule has 0 aromatic rings. The number of hydrogen-bond donors (Lipinski definition) is 0. The average Bonchev–Trinajstić information content (AvgIpc) is 2.24. The maximum absolute atomic E-state index is 5.95. The van der Waals surface area contributed by atoms with Gasteiger partial charge in [0.15, 0.2) is 0 Å². The van der Waals surface area contributed by atoms with E-state index in [4.69, 9.17) is 21.1 Å². The first kappa shape index (κ1) is 10.2. The van der Waals surface area contributed by atoms with E-state index < -0.39 is 0 Å². The molecule has 78 valence electrons. The van der Waals surface area contributed by atoms with Gasteiger partial charge in [-0.2, -0.15) is 0 Å². The largest absolute Gasteiger partial charge is 0.371 e. The molecule has 0 N–H and O–H groups in total. The topological polar surface area (TPSA) is 18.5 Å². The Kier molecular flexibility index (Phi) is 3.26. The van der Waals surface area contributed by atoms with Crippen LogP contribution in [0, 0.1) is 0 Å². The summed E-state index contributed by atoms with van der Waals surface area (Å²) in [4.78, 5) is 0. The molecule has 14 heavy (non-hydrogen) atoms. The molecule has 2 nitrogen and oxygen atoms in total. The third-order valence-electron chi connectivity index (χ3n) is 2.67. The molecule has 0 aromatic heterocycles. The fourth-order valence-corrected chi connectivity index (χ4v) is 1.98. The number of hydrogen-bond acceptors (Lipinski definition) is 2. The van der Waals surface area contributed by atoms with Gasteiger partial charge in [-0.3, -0.25) is 0 Å². The van der Waals surface area contributed by atoms with Crippen molar-refractivity contribution in [2.24, 2.45) is 0 Å². The fourth-order valence-electron chi connectivity index (χ4n) is 1.75. The Morgan fingerprint density at radius 1 is 1.50 bits per heavy atom. The summed E-state index contributed by atoms with van der Waals surface area (Å²) in [6.07, 6.45) is 8.05. The van der Waals surface area contributed by atoms with Gasteiger partial charge in [0.05, 0.1) is 17.6 Å². The molecule has 2 aliphatic rings. The van der Waals surface area contributed by atoms with Crippen molar-refractivity contribution in [1.82, 2.24) is 0 Å². The molecule has 0 saturated carbocycles. The van der Waals surface area contributed by atoms with Crippen molar-refractivity contribution < 1.29 is 9.47 Å². The average molecular weight is 215 g/mol. The van der Waals surface area contributed by atoms with Crippen LogP contribution in [0.1, 0.15) is 12.8 Å². The quantitative estimate of drug-likeness (QED) is 0.530. The fraction of sp³-hybridized carbons (Fsp3) is 0.636. The van der Waals surface area contributed by atoms with E-state index in [1.165, 1.54) is 0 Å². The summed E-state index contributed by atoms with van der Waals surface area (Å²) in [6.45, 7) is 4.56. The molecule has 0 aromatic carbocycles. The van der Waals surface area contributed by atoms with E-state index in [9.17, 15) is 0 Å². The Labute approximate surface area is 89.5 Å². The van der Waals surface area contributed by atoms with Gasteiger partial charge in [0, 0.05) is 6.61 Å². The van der Waals surface area contributed by atoms with Gasteiger partial charge in [-0.25, -0.2) is 0 Å². The van der Waals surface area contributed by atoms with Crippen LogP contribution in [0.4, 0.5) is 0 Å². The van der Waals surface area contributed by atoms with E-state index in [0.717, 1.165) is 19.4 Å². The Balaban J connectivity index is 1.88. The van der Waals surface area contributed by atoms with Crippen molar-refractivity contribution >= 4 is 11.6 Å². The Morgan fingerprint density at radius 2 is 2.36 bits per heavy atom. The molecule has 1 aliphatic heterocycles. The maximum Gasteiger partial charge on any atom is 0.101 e. The lowest BCUT2D eigenvalue weighted by molar-refractivity contribution is -0.103. The number of alkyl halides is 1. The first-order chi connectivity index (χ1) is 6.81. The molecule has 0 amide bonds. The van der Waals surface area contributed by atoms with E-state index in [1.807, 2.05) is 18.2 Å². The zero-order valence-corrected chi connectivity index (χ0v) is 8.82. The van der Waals surface area contributed by atoms with Gasteiger partial charge in [0.25, 0.3) is 0 Å². The second kappa shape index (κ2) is 4.47. The second-order valence-corrected chi connectivity index (χ2v) is 4.19. The summed E-state index contributed by atoms with van der Waals surface area (Å²) in [7, 11) is 0. The summed E-state index contributed by atoms with van der Waals surface area (Å²) >= 11 is 5.95. The van der Waals surface area contributed by atoms with Crippen LogP contribution < -0.4 is 0 Å². The summed E-state index contributed by atoms with van der Waals surface area (Å²) in [5.41, 5.74) is 0. The molecule has 3 heteroatoms. The summed E-state index contributed by atoms with van der Waals surface area (Å²) in [6, 6.07) is 0. The molecule has 0 spiro atoms. The third-order valence-corrected chi connectivity index (χ3v) is 3.07. The molecule has 2 unspecified atom stereocenters. The molecule has 4 atom stereocenters. The molecule has 1 saturated heterocycles. The molecule has 0 bridgehead atoms. The van der Waals surface area contributed by atoms with Crippen LogP contribution >= 0.6 is 11.6 Å². The second-order valence-electron chi connectivity index (χ2n) is 3.68. The zero-order chi connectivity index (χ0) is 9.97. The predicted octanol–water partition coefficient (Wildman–Crippen LogP) is 2.28. The van der Waals surface area contributed by atoms with Crippen molar-refractivity contribution in [3.63, 3.8) is 0 Å². The van der Waals surface area contributed by atoms with Crippen LogP contribution in [-0.2, 0) is 9.47 Å². The highest BCUT2D eigenvalue weighted by Crippen LogP contribution is 2.26. The van der Waals surface area contributed by atoms with Crippen molar-refractivity contribution in [1.29, 1.82) is 0 Å². The van der Waals surface area contributed by atoms with E-state index >= 15 is 0 Å². The van der Waals surface area contributed by atoms with Gasteiger partial charge >= 0.3 is 0 Å². The highest BCUT2D eigenvalue weighted by molar-refractivity contribution is 6.23. The Hall–Kier alpha value is -0.310. The van der Waals surface area contributed by atoms with Crippen LogP contribution in [0.25, 0.3) is 0 Å². The molecular formula is C11H15ClO2. The molecule has 2 rings (SSSR count). The van der Waals surface area contributed by atoms with E-state index in [1.54, 1.807) is 0 Å². The highest BCUT2D eigenvalue weighted by atomic mass is 35.5. The first-order valence-corrected chi connectivity index (χ1v) is 5.47. The van der Waals surface area contributed by atoms with E-state index in [0.29, 0.717) is 0 Å². The minimum absolute atomic E-state index is 0.0293. The zero-order valence-electron chi connectivity index (χ0n) is 8.06. The molecule has 1 fully saturated rings. The van der Waals surface area contributed by atoms with Crippen LogP contribution in [0.5, 0.6) is 0 Å². The van der Waals surface area contributed by atoms with Gasteiger partial charge in [0.1, 0.15) is 6.10 Å². The van der Waals surface area contributed by atoms with Gasteiger partial charge in [-0.05, 0) is 12.8 Å². The Bertz CT molecular complexity index is 239. The monoisotopic (exact) mass is 214 g/mol. The predicted molar refractivity (Wildman–Crippen MR) is 56.6 cm³/mol. The molecule has 1 heterocycles. The van der Waals surface area contributed by atoms with Crippen molar-refractivity contribution in [3.8, 4) is 0 Å². The van der Waals surface area contributed by atoms with Gasteiger partial charge in [-0.15, -0.1) is 18.2 Å². The summed E-state index contributed by atoms with van der Waals surface area (Å²) in [5.74, 6) is 0. The van der Waals surface area contributed by atoms with Gasteiger partial charge in [-0.1, -0.05) is 18.2 Å². The SMILES string of the molecule is C=CC1OCCCC1O[C@H]1C=C[C@H]1Cl. The smallest absolute Gasteiger partial charge is 0.101 e. The highest BCUT2D eigenvalue weighted by Gasteiger charge is 2.31. The van der Waals surface area contributed by atoms with Crippen molar-refractivity contribution in [2.45, 2.75) is 36.5 Å². The van der Waals surface area contributed by atoms with E-state index in [2.05, 4.69) is 6.58 Å². The number of halogens is 1. The minimum Gasteiger partial charge on any atom is -0.371 e. The van der Waals surface area contributed by atoms with Crippen LogP contribution in [0.15, 0.2) is 24.8 Å². The van der Waals surface area contributed by atoms with Gasteiger partial charge < -0.3 is 9.47 Å². The Morgan fingerprint density at radius 3 is 2.93 bits per heavy atom. The number of ether oxygens (including phenoxy) is 2. The lowest BCUT2D eigenvalue weighted by Gasteiger charge is -2.35. The standard InChI is InChI=1S/C11H15ClO2/c1-2-9-11(4-3-7-13-9)14-10-6-5-8(10)12/h2,5-6,8-11H,1,3-4,7H2/t8-,9?,10+,11?/m1/s1. The normalized spacial score (nSPS) is 41.8. The van der Waals surface area contributed by atoms with Crippen molar-refractivity contribution in [2.75, 3.05) is 6.61 Å². The minimum atomic E-state index is 0.0293. The molecule has 1 aliphatic carbocycles. The van der Waals surface area contributed by atoms with Gasteiger partial charge in [0.2, 0.25) is 0 Å². The van der Waals surface area contributed by atoms with Crippen LogP contribution in [-0.4, -0.2) is 30.3 Å². The van der Waals surface area contributed by atoms with Crippen molar-refractivity contribution in [3.05, 3.63) is 24.8 Å². The molecule has 0 radical (unpaired) electrons. The number of rotatable bonds is 3. The van der Waals surface area contributed by atoms with E-state index in [-0.39, 0.29) is 23.7 Å². The first-order valence-electron chi connectivity index (χ1n) is 5.03. The molecular weight excluding hydrogens is 200 g/mol. The maximum atomic E-state index is 5.95.